The molecule has 0 aliphatic rings. The van der Waals surface area contributed by atoms with Crippen LogP contribution in [0.1, 0.15) is 0 Å². The molecule has 0 amide bonds. The van der Waals surface area contributed by atoms with Crippen molar-refractivity contribution >= 4 is 14.7 Å². The molecule has 0 bridgehead atoms. The summed E-state index contributed by atoms with van der Waals surface area (Å²) in [6, 6.07) is -0.535. The largest absolute Gasteiger partial charge is 0.398 e. The lowest BCUT2D eigenvalue weighted by atomic mass is 11.3. The molecule has 0 radical (unpaired) electrons. The summed E-state index contributed by atoms with van der Waals surface area (Å²) < 4.78 is 13.1. The van der Waals surface area contributed by atoms with Gasteiger partial charge in [0.05, 0.1) is 0 Å². The second kappa shape index (κ2) is 2.60. The highest BCUT2D eigenvalue weighted by molar-refractivity contribution is 7.18. The van der Waals surface area contributed by atoms with E-state index in [0.717, 1.165) is 0 Å². The third-order valence-electron chi connectivity index (χ3n) is 0.136. The first kappa shape index (κ1) is 5.37. The summed E-state index contributed by atoms with van der Waals surface area (Å²) in [4.78, 5) is 0. The van der Waals surface area contributed by atoms with E-state index in [1.807, 2.05) is 0 Å². The van der Waals surface area contributed by atoms with Crippen molar-refractivity contribution in [3.8, 4) is 0 Å². The molecular formula is CH3N2O2P. The maximum atomic E-state index is 9.27. The molecule has 34 valence electrons. The summed E-state index contributed by atoms with van der Waals surface area (Å²) in [5, 5.41) is 6.24. The number of amidine groups is 1. The van der Waals surface area contributed by atoms with Crippen molar-refractivity contribution < 1.29 is 9.09 Å². The van der Waals surface area contributed by atoms with Gasteiger partial charge in [0.15, 0.2) is 0 Å². The zero-order valence-electron chi connectivity index (χ0n) is 2.84. The molecule has 0 fully saturated rings. The van der Waals surface area contributed by atoms with E-state index in [1.165, 1.54) is 0 Å². The average molecular weight is 106 g/mol. The minimum absolute atomic E-state index is 0.535. The van der Waals surface area contributed by atoms with Crippen molar-refractivity contribution in [1.29, 1.82) is 5.41 Å². The first-order chi connectivity index (χ1) is 2.77. The molecule has 3 N–H and O–H groups in total. The van der Waals surface area contributed by atoms with Crippen molar-refractivity contribution in [1.82, 2.24) is 0 Å². The van der Waals surface area contributed by atoms with Crippen LogP contribution < -0.4 is 5.73 Å². The summed E-state index contributed by atoms with van der Waals surface area (Å²) in [5.41, 5.74) is 4.56. The Morgan fingerprint density at radius 3 is 2.50 bits per heavy atom. The molecule has 0 saturated carbocycles. The van der Waals surface area contributed by atoms with E-state index in [9.17, 15) is 4.57 Å². The van der Waals surface area contributed by atoms with Gasteiger partial charge in [0.2, 0.25) is 0 Å². The molecule has 0 aromatic carbocycles. The van der Waals surface area contributed by atoms with E-state index in [-0.39, 0.29) is 0 Å². The Morgan fingerprint density at radius 2 is 2.50 bits per heavy atom. The lowest BCUT2D eigenvalue weighted by Crippen LogP contribution is -2.07. The Bertz CT molecular complexity index is 71.9. The normalized spacial score (nSPS) is 8.00. The fraction of sp³-hybridized carbons (Fsp3) is 0. The zero-order chi connectivity index (χ0) is 4.99. The zero-order valence-corrected chi connectivity index (χ0v) is 3.74. The van der Waals surface area contributed by atoms with Gasteiger partial charge in [0.1, 0.15) is 0 Å². The van der Waals surface area contributed by atoms with Gasteiger partial charge in [-0.3, -0.25) is 5.41 Å². The first-order valence-corrected chi connectivity index (χ1v) is 1.84. The van der Waals surface area contributed by atoms with Crippen molar-refractivity contribution in [2.24, 2.45) is 5.73 Å². The molecule has 0 heterocycles. The molecule has 0 aliphatic heterocycles. The number of hydrogen-bond donors (Lipinski definition) is 2. The van der Waals surface area contributed by atoms with Gasteiger partial charge in [-0.15, -0.1) is 0 Å². The lowest BCUT2D eigenvalue weighted by Gasteiger charge is -1.81. The van der Waals surface area contributed by atoms with E-state index in [0.29, 0.717) is 0 Å². The minimum atomic E-state index is -0.576. The van der Waals surface area contributed by atoms with Gasteiger partial charge < -0.3 is 10.3 Å². The predicted octanol–water partition coefficient (Wildman–Crippen LogP) is 0.103. The molecule has 0 spiro atoms. The molecule has 0 saturated heterocycles. The fourth-order valence-corrected chi connectivity index (χ4v) is 0.120. The maximum absolute atomic E-state index is 9.27. The van der Waals surface area contributed by atoms with Gasteiger partial charge in [0.25, 0.3) is 6.02 Å². The second-order valence-corrected chi connectivity index (χ2v) is 0.862. The Kier molecular flexibility index (Phi) is 2.33. The van der Waals surface area contributed by atoms with Crippen LogP contribution >= 0.6 is 8.69 Å². The average Bonchev–Trinajstić information content (AvgIpc) is 1.35. The van der Waals surface area contributed by atoms with Gasteiger partial charge in [-0.25, -0.2) is 4.57 Å². The molecule has 4 nitrogen and oxygen atoms in total. The standard InChI is InChI=1S/CH3N2O2P/c2-1(3)5-6-4/h(H3,2,3). The van der Waals surface area contributed by atoms with Crippen molar-refractivity contribution in [3.63, 3.8) is 0 Å². The van der Waals surface area contributed by atoms with Crippen molar-refractivity contribution in [2.75, 3.05) is 0 Å². The minimum Gasteiger partial charge on any atom is -0.373 e. The topological polar surface area (TPSA) is 76.2 Å². The predicted molar refractivity (Wildman–Crippen MR) is 20.6 cm³/mol. The smallest absolute Gasteiger partial charge is 0.373 e. The first-order valence-electron chi connectivity index (χ1n) is 1.11. The van der Waals surface area contributed by atoms with E-state index in [1.54, 1.807) is 0 Å². The molecule has 5 heteroatoms. The van der Waals surface area contributed by atoms with Crippen LogP contribution in [0.25, 0.3) is 0 Å². The third-order valence-corrected chi connectivity index (χ3v) is 0.407. The number of nitrogens with two attached hydrogens (primary N) is 1. The third kappa shape index (κ3) is 3.37. The monoisotopic (exact) mass is 106 g/mol. The molecule has 0 aliphatic carbocycles. The van der Waals surface area contributed by atoms with E-state index in [2.05, 4.69) is 10.3 Å². The Hall–Kier alpha value is -0.630. The highest BCUT2D eigenvalue weighted by atomic mass is 31.1. The van der Waals surface area contributed by atoms with Gasteiger partial charge in [-0.05, 0) is 0 Å². The Balaban J connectivity index is 3.05. The van der Waals surface area contributed by atoms with Crippen LogP contribution in [0.4, 0.5) is 0 Å². The van der Waals surface area contributed by atoms with Gasteiger partial charge in [-0.1, -0.05) is 0 Å². The van der Waals surface area contributed by atoms with E-state index in [4.69, 9.17) is 5.41 Å². The summed E-state index contributed by atoms with van der Waals surface area (Å²) in [6.07, 6.45) is 0. The number of nitrogens with one attached hydrogen (secondary N) is 1. The summed E-state index contributed by atoms with van der Waals surface area (Å²) in [5.74, 6) is 0. The van der Waals surface area contributed by atoms with Crippen LogP contribution in [0, 0.1) is 5.41 Å². The van der Waals surface area contributed by atoms with Crippen LogP contribution in [-0.4, -0.2) is 6.02 Å². The van der Waals surface area contributed by atoms with Crippen molar-refractivity contribution in [3.05, 3.63) is 0 Å². The van der Waals surface area contributed by atoms with E-state index < -0.39 is 14.7 Å². The Morgan fingerprint density at radius 1 is 2.00 bits per heavy atom. The summed E-state index contributed by atoms with van der Waals surface area (Å²) in [7, 11) is -0.576. The second-order valence-electron chi connectivity index (χ2n) is 0.530. The van der Waals surface area contributed by atoms with Gasteiger partial charge in [0, 0.05) is 0 Å². The molecule has 0 aromatic rings. The van der Waals surface area contributed by atoms with Gasteiger partial charge in [-0.2, -0.15) is 0 Å². The molecule has 0 unspecified atom stereocenters. The van der Waals surface area contributed by atoms with E-state index >= 15 is 0 Å². The lowest BCUT2D eigenvalue weighted by molar-refractivity contribution is 0.516. The van der Waals surface area contributed by atoms with Gasteiger partial charge >= 0.3 is 8.69 Å². The van der Waals surface area contributed by atoms with Crippen LogP contribution in [0.2, 0.25) is 0 Å². The fourth-order valence-electron chi connectivity index (χ4n) is 0.0402. The number of hydrogen-bond acceptors (Lipinski definition) is 3. The highest BCUT2D eigenvalue weighted by Gasteiger charge is 1.79. The maximum Gasteiger partial charge on any atom is 0.398 e. The summed E-state index contributed by atoms with van der Waals surface area (Å²) in [6.45, 7) is 0. The molecule has 0 aromatic heterocycles. The van der Waals surface area contributed by atoms with Crippen LogP contribution in [-0.2, 0) is 9.09 Å². The highest BCUT2D eigenvalue weighted by Crippen LogP contribution is 1.88. The SMILES string of the molecule is N=C(N)OP=O. The molecule has 0 atom stereocenters. The molecule has 0 rings (SSSR count). The van der Waals surface area contributed by atoms with Crippen LogP contribution in [0.15, 0.2) is 0 Å². The quantitative estimate of drug-likeness (QED) is 0.283. The molecular weight excluding hydrogens is 103 g/mol. The summed E-state index contributed by atoms with van der Waals surface area (Å²) >= 11 is 0. The number of rotatable bonds is 1. The van der Waals surface area contributed by atoms with Crippen LogP contribution in [0.3, 0.4) is 0 Å². The van der Waals surface area contributed by atoms with Crippen molar-refractivity contribution in [2.45, 2.75) is 0 Å². The van der Waals surface area contributed by atoms with Crippen LogP contribution in [0.5, 0.6) is 0 Å². The molecule has 6 heavy (non-hydrogen) atoms. The Labute approximate surface area is 36.1 Å².